The van der Waals surface area contributed by atoms with E-state index >= 15 is 0 Å². The highest BCUT2D eigenvalue weighted by molar-refractivity contribution is 5.95. The van der Waals surface area contributed by atoms with Gasteiger partial charge in [0.2, 0.25) is 0 Å². The molecule has 104 valence electrons. The highest BCUT2D eigenvalue weighted by atomic mass is 16.5. The summed E-state index contributed by atoms with van der Waals surface area (Å²) in [6.07, 6.45) is 0.145. The Morgan fingerprint density at radius 1 is 1.15 bits per heavy atom. The van der Waals surface area contributed by atoms with Crippen molar-refractivity contribution >= 4 is 16.8 Å². The molecule has 0 radical (unpaired) electrons. The molecule has 4 heteroatoms. The lowest BCUT2D eigenvalue weighted by Crippen LogP contribution is -2.48. The van der Waals surface area contributed by atoms with Crippen molar-refractivity contribution in [1.29, 1.82) is 0 Å². The van der Waals surface area contributed by atoms with Gasteiger partial charge >= 0.3 is 0 Å². The van der Waals surface area contributed by atoms with Crippen LogP contribution in [0.2, 0.25) is 0 Å². The first-order valence-corrected chi connectivity index (χ1v) is 6.94. The van der Waals surface area contributed by atoms with Gasteiger partial charge in [-0.3, -0.25) is 4.79 Å². The summed E-state index contributed by atoms with van der Waals surface area (Å²) in [5.74, 6) is -0.0160. The number of carbonyl (C=O) groups is 1. The number of benzene rings is 1. The first-order chi connectivity index (χ1) is 9.63. The minimum Gasteiger partial charge on any atom is -0.372 e. The van der Waals surface area contributed by atoms with E-state index in [1.807, 2.05) is 49.1 Å². The number of morpholine rings is 1. The molecule has 2 atom stereocenters. The zero-order chi connectivity index (χ0) is 14.1. The van der Waals surface area contributed by atoms with E-state index in [-0.39, 0.29) is 18.1 Å². The van der Waals surface area contributed by atoms with Crippen LogP contribution in [-0.4, -0.2) is 41.1 Å². The topological polar surface area (TPSA) is 42.4 Å². The molecule has 1 fully saturated rings. The molecule has 0 aliphatic carbocycles. The van der Waals surface area contributed by atoms with Crippen LogP contribution in [0.15, 0.2) is 36.4 Å². The maximum atomic E-state index is 12.5. The second-order valence-electron chi connectivity index (χ2n) is 5.36. The molecule has 2 heterocycles. The number of ether oxygens (including phenoxy) is 1. The lowest BCUT2D eigenvalue weighted by molar-refractivity contribution is -0.0587. The van der Waals surface area contributed by atoms with E-state index in [0.29, 0.717) is 18.8 Å². The van der Waals surface area contributed by atoms with Gasteiger partial charge in [-0.2, -0.15) is 0 Å². The third kappa shape index (κ3) is 2.51. The van der Waals surface area contributed by atoms with E-state index in [4.69, 9.17) is 4.74 Å². The van der Waals surface area contributed by atoms with Crippen molar-refractivity contribution in [3.63, 3.8) is 0 Å². The largest absolute Gasteiger partial charge is 0.372 e. The molecule has 0 bridgehead atoms. The van der Waals surface area contributed by atoms with Gasteiger partial charge in [0, 0.05) is 18.5 Å². The van der Waals surface area contributed by atoms with Crippen molar-refractivity contribution in [3.8, 4) is 0 Å². The van der Waals surface area contributed by atoms with Crippen molar-refractivity contribution in [1.82, 2.24) is 9.88 Å². The molecule has 1 aliphatic rings. The average molecular weight is 270 g/mol. The van der Waals surface area contributed by atoms with Gasteiger partial charge in [-0.05, 0) is 26.0 Å². The number of fused-ring (bicyclic) bond motifs is 1. The molecule has 1 aromatic carbocycles. The van der Waals surface area contributed by atoms with Crippen LogP contribution in [0.5, 0.6) is 0 Å². The smallest absolute Gasteiger partial charge is 0.272 e. The summed E-state index contributed by atoms with van der Waals surface area (Å²) >= 11 is 0. The number of hydrogen-bond acceptors (Lipinski definition) is 3. The molecule has 0 saturated carbocycles. The minimum atomic E-state index is -0.0160. The number of amides is 1. The standard InChI is InChI=1S/C16H18N2O2/c1-11-9-18(10-12(2)20-11)16(19)15-8-7-13-5-3-4-6-14(13)17-15/h3-8,11-12H,9-10H2,1-2H3/t11-,12+. The van der Waals surface area contributed by atoms with Crippen LogP contribution in [0.3, 0.4) is 0 Å². The number of nitrogens with zero attached hydrogens (tertiary/aromatic N) is 2. The van der Waals surface area contributed by atoms with Crippen molar-refractivity contribution < 1.29 is 9.53 Å². The maximum absolute atomic E-state index is 12.5. The Morgan fingerprint density at radius 2 is 1.85 bits per heavy atom. The Morgan fingerprint density at radius 3 is 2.60 bits per heavy atom. The predicted molar refractivity (Wildman–Crippen MR) is 77.7 cm³/mol. The fourth-order valence-corrected chi connectivity index (χ4v) is 2.69. The number of pyridine rings is 1. The summed E-state index contributed by atoms with van der Waals surface area (Å²) in [6, 6.07) is 11.6. The molecule has 1 aromatic heterocycles. The zero-order valence-electron chi connectivity index (χ0n) is 11.7. The number of para-hydroxylation sites is 1. The summed E-state index contributed by atoms with van der Waals surface area (Å²) < 4.78 is 5.66. The molecule has 1 amide bonds. The molecule has 1 aliphatic heterocycles. The molecule has 3 rings (SSSR count). The summed E-state index contributed by atoms with van der Waals surface area (Å²) in [7, 11) is 0. The summed E-state index contributed by atoms with van der Waals surface area (Å²) in [6.45, 7) is 5.23. The predicted octanol–water partition coefficient (Wildman–Crippen LogP) is 2.48. The van der Waals surface area contributed by atoms with E-state index in [1.54, 1.807) is 6.07 Å². The molecule has 2 aromatic rings. The van der Waals surface area contributed by atoms with Gasteiger partial charge in [-0.15, -0.1) is 0 Å². The van der Waals surface area contributed by atoms with Crippen LogP contribution in [0.1, 0.15) is 24.3 Å². The van der Waals surface area contributed by atoms with E-state index in [9.17, 15) is 4.79 Å². The van der Waals surface area contributed by atoms with E-state index in [1.165, 1.54) is 0 Å². The van der Waals surface area contributed by atoms with Gasteiger partial charge < -0.3 is 9.64 Å². The van der Waals surface area contributed by atoms with E-state index in [2.05, 4.69) is 4.98 Å². The van der Waals surface area contributed by atoms with Gasteiger partial charge in [0.15, 0.2) is 0 Å². The number of hydrogen-bond donors (Lipinski definition) is 0. The van der Waals surface area contributed by atoms with Crippen LogP contribution >= 0.6 is 0 Å². The van der Waals surface area contributed by atoms with Gasteiger partial charge in [0.1, 0.15) is 5.69 Å². The summed E-state index contributed by atoms with van der Waals surface area (Å²) in [5, 5.41) is 1.05. The number of rotatable bonds is 1. The van der Waals surface area contributed by atoms with Crippen LogP contribution < -0.4 is 0 Å². The van der Waals surface area contributed by atoms with Gasteiger partial charge in [-0.1, -0.05) is 24.3 Å². The van der Waals surface area contributed by atoms with Crippen molar-refractivity contribution in [3.05, 3.63) is 42.1 Å². The summed E-state index contributed by atoms with van der Waals surface area (Å²) in [5.41, 5.74) is 1.36. The highest BCUT2D eigenvalue weighted by Crippen LogP contribution is 2.16. The first kappa shape index (κ1) is 13.1. The van der Waals surface area contributed by atoms with Gasteiger partial charge in [-0.25, -0.2) is 4.98 Å². The zero-order valence-corrected chi connectivity index (χ0v) is 11.7. The van der Waals surface area contributed by atoms with Crippen LogP contribution in [0.4, 0.5) is 0 Å². The molecule has 0 spiro atoms. The average Bonchev–Trinajstić information content (AvgIpc) is 2.45. The Hall–Kier alpha value is -1.94. The quantitative estimate of drug-likeness (QED) is 0.799. The first-order valence-electron chi connectivity index (χ1n) is 6.94. The Labute approximate surface area is 118 Å². The Bertz CT molecular complexity index is 631. The van der Waals surface area contributed by atoms with Crippen LogP contribution in [0.25, 0.3) is 10.9 Å². The second-order valence-corrected chi connectivity index (χ2v) is 5.36. The maximum Gasteiger partial charge on any atom is 0.272 e. The molecule has 0 N–H and O–H groups in total. The normalized spacial score (nSPS) is 23.0. The lowest BCUT2D eigenvalue weighted by Gasteiger charge is -2.35. The van der Waals surface area contributed by atoms with E-state index < -0.39 is 0 Å². The minimum absolute atomic E-state index is 0.0160. The van der Waals surface area contributed by atoms with Crippen molar-refractivity contribution in [2.45, 2.75) is 26.1 Å². The fraction of sp³-hybridized carbons (Fsp3) is 0.375. The molecule has 4 nitrogen and oxygen atoms in total. The third-order valence-electron chi connectivity index (χ3n) is 3.52. The summed E-state index contributed by atoms with van der Waals surface area (Å²) in [4.78, 5) is 18.8. The van der Waals surface area contributed by atoms with E-state index in [0.717, 1.165) is 10.9 Å². The molecular formula is C16H18N2O2. The Kier molecular flexibility index (Phi) is 3.40. The van der Waals surface area contributed by atoms with Gasteiger partial charge in [0.05, 0.1) is 17.7 Å². The monoisotopic (exact) mass is 270 g/mol. The fourth-order valence-electron chi connectivity index (χ4n) is 2.69. The number of aromatic nitrogens is 1. The van der Waals surface area contributed by atoms with Crippen molar-refractivity contribution in [2.24, 2.45) is 0 Å². The molecule has 0 unspecified atom stereocenters. The van der Waals surface area contributed by atoms with Gasteiger partial charge in [0.25, 0.3) is 5.91 Å². The van der Waals surface area contributed by atoms with Crippen LogP contribution in [-0.2, 0) is 4.74 Å². The third-order valence-corrected chi connectivity index (χ3v) is 3.52. The molecule has 1 saturated heterocycles. The Balaban J connectivity index is 1.88. The van der Waals surface area contributed by atoms with Crippen molar-refractivity contribution in [2.75, 3.05) is 13.1 Å². The molecular weight excluding hydrogens is 252 g/mol. The number of carbonyl (C=O) groups excluding carboxylic acids is 1. The van der Waals surface area contributed by atoms with Crippen LogP contribution in [0, 0.1) is 0 Å². The lowest BCUT2D eigenvalue weighted by atomic mass is 10.1. The highest BCUT2D eigenvalue weighted by Gasteiger charge is 2.27. The molecule has 20 heavy (non-hydrogen) atoms. The SMILES string of the molecule is C[C@@H]1CN(C(=O)c2ccc3ccccc3n2)C[C@H](C)O1. The second kappa shape index (κ2) is 5.21.